The molecule has 1 heterocycles. The van der Waals surface area contributed by atoms with Crippen molar-refractivity contribution < 1.29 is 14.7 Å². The number of amides is 1. The zero-order valence-electron chi connectivity index (χ0n) is 11.1. The van der Waals surface area contributed by atoms with Crippen LogP contribution in [0.25, 0.3) is 0 Å². The van der Waals surface area contributed by atoms with E-state index in [4.69, 9.17) is 5.11 Å². The Balaban J connectivity index is 2.13. The summed E-state index contributed by atoms with van der Waals surface area (Å²) in [6.07, 6.45) is 3.83. The van der Waals surface area contributed by atoms with Crippen molar-refractivity contribution in [1.82, 2.24) is 20.2 Å². The lowest BCUT2D eigenvalue weighted by Gasteiger charge is -2.41. The molecule has 1 amide bonds. The van der Waals surface area contributed by atoms with E-state index in [2.05, 4.69) is 15.3 Å². The average molecular weight is 266 g/mol. The monoisotopic (exact) mass is 266 g/mol. The molecule has 7 nitrogen and oxygen atoms in total. The lowest BCUT2D eigenvalue weighted by atomic mass is 9.76. The van der Waals surface area contributed by atoms with Crippen LogP contribution in [0.5, 0.6) is 0 Å². The Morgan fingerprint density at radius 1 is 1.53 bits per heavy atom. The molecule has 7 heteroatoms. The third-order valence-corrected chi connectivity index (χ3v) is 3.31. The van der Waals surface area contributed by atoms with Gasteiger partial charge in [0.1, 0.15) is 11.5 Å². The molecule has 3 N–H and O–H groups in total. The van der Waals surface area contributed by atoms with Crippen molar-refractivity contribution in [1.29, 1.82) is 0 Å². The van der Waals surface area contributed by atoms with Crippen LogP contribution in [-0.4, -0.2) is 52.5 Å². The van der Waals surface area contributed by atoms with E-state index in [1.807, 2.05) is 14.1 Å². The van der Waals surface area contributed by atoms with E-state index in [1.165, 1.54) is 6.20 Å². The van der Waals surface area contributed by atoms with E-state index in [0.717, 1.165) is 19.3 Å². The van der Waals surface area contributed by atoms with Crippen LogP contribution in [0.2, 0.25) is 0 Å². The number of aromatic amines is 1. The highest BCUT2D eigenvalue weighted by Crippen LogP contribution is 2.39. The molecule has 0 aliphatic heterocycles. The van der Waals surface area contributed by atoms with Crippen LogP contribution in [0, 0.1) is 0 Å². The van der Waals surface area contributed by atoms with Crippen LogP contribution in [-0.2, 0) is 10.3 Å². The number of nitrogens with one attached hydrogen (secondary N) is 2. The van der Waals surface area contributed by atoms with Gasteiger partial charge >= 0.3 is 5.97 Å². The van der Waals surface area contributed by atoms with Gasteiger partial charge in [0.2, 0.25) is 5.91 Å². The van der Waals surface area contributed by atoms with Crippen molar-refractivity contribution in [2.75, 3.05) is 20.6 Å². The second-order valence-corrected chi connectivity index (χ2v) is 5.17. The summed E-state index contributed by atoms with van der Waals surface area (Å²) in [4.78, 5) is 31.4. The number of carbonyl (C=O) groups is 2. The van der Waals surface area contributed by atoms with Crippen LogP contribution >= 0.6 is 0 Å². The predicted molar refractivity (Wildman–Crippen MR) is 67.8 cm³/mol. The van der Waals surface area contributed by atoms with Gasteiger partial charge in [-0.25, -0.2) is 9.78 Å². The Labute approximate surface area is 111 Å². The van der Waals surface area contributed by atoms with Crippen molar-refractivity contribution in [2.24, 2.45) is 0 Å². The highest BCUT2D eigenvalue weighted by molar-refractivity contribution is 5.85. The van der Waals surface area contributed by atoms with Crippen molar-refractivity contribution in [3.8, 4) is 0 Å². The molecule has 1 fully saturated rings. The van der Waals surface area contributed by atoms with Gasteiger partial charge in [0.15, 0.2) is 0 Å². The van der Waals surface area contributed by atoms with E-state index in [9.17, 15) is 9.59 Å². The molecule has 104 valence electrons. The minimum Gasteiger partial charge on any atom is -0.477 e. The Morgan fingerprint density at radius 2 is 2.21 bits per heavy atom. The van der Waals surface area contributed by atoms with Crippen molar-refractivity contribution >= 4 is 11.9 Å². The van der Waals surface area contributed by atoms with E-state index in [0.29, 0.717) is 12.4 Å². The first kappa shape index (κ1) is 13.5. The van der Waals surface area contributed by atoms with Crippen molar-refractivity contribution in [2.45, 2.75) is 24.8 Å². The quantitative estimate of drug-likeness (QED) is 0.705. The average Bonchev–Trinajstić information content (AvgIpc) is 2.71. The number of likely N-dealkylation sites (N-methyl/N-ethyl adjacent to an activating group) is 1. The molecule has 0 unspecified atom stereocenters. The molecule has 1 aromatic heterocycles. The smallest absolute Gasteiger partial charge is 0.353 e. The molecule has 0 atom stereocenters. The number of nitrogens with zero attached hydrogens (tertiary/aromatic N) is 2. The normalized spacial score (nSPS) is 17.0. The first-order valence-electron chi connectivity index (χ1n) is 6.17. The van der Waals surface area contributed by atoms with Crippen LogP contribution in [0.1, 0.15) is 35.6 Å². The summed E-state index contributed by atoms with van der Waals surface area (Å²) in [5.74, 6) is -0.603. The molecule has 0 spiro atoms. The molecule has 1 aliphatic rings. The number of carbonyl (C=O) groups excluding carboxylic acids is 1. The third-order valence-electron chi connectivity index (χ3n) is 3.31. The van der Waals surface area contributed by atoms with E-state index >= 15 is 0 Å². The number of imidazole rings is 1. The second-order valence-electron chi connectivity index (χ2n) is 5.17. The number of aromatic nitrogens is 2. The molecular weight excluding hydrogens is 248 g/mol. The van der Waals surface area contributed by atoms with E-state index in [-0.39, 0.29) is 11.6 Å². The fourth-order valence-corrected chi connectivity index (χ4v) is 2.22. The molecule has 2 rings (SSSR count). The van der Waals surface area contributed by atoms with E-state index in [1.54, 1.807) is 4.90 Å². The molecule has 0 aromatic carbocycles. The van der Waals surface area contributed by atoms with Crippen molar-refractivity contribution in [3.63, 3.8) is 0 Å². The molecule has 1 saturated carbocycles. The van der Waals surface area contributed by atoms with Gasteiger partial charge in [-0.2, -0.15) is 0 Å². The second kappa shape index (κ2) is 5.00. The zero-order valence-corrected chi connectivity index (χ0v) is 11.1. The molecule has 1 aliphatic carbocycles. The predicted octanol–water partition coefficient (Wildman–Crippen LogP) is 0.165. The van der Waals surface area contributed by atoms with Gasteiger partial charge in [0, 0.05) is 0 Å². The van der Waals surface area contributed by atoms with Gasteiger partial charge in [0.25, 0.3) is 0 Å². The number of hydrogen-bond acceptors (Lipinski definition) is 4. The molecule has 1 aromatic rings. The molecule has 0 saturated heterocycles. The van der Waals surface area contributed by atoms with Crippen LogP contribution in [0.15, 0.2) is 6.20 Å². The van der Waals surface area contributed by atoms with Crippen LogP contribution in [0.3, 0.4) is 0 Å². The summed E-state index contributed by atoms with van der Waals surface area (Å²) in [6, 6.07) is 0. The fraction of sp³-hybridized carbons (Fsp3) is 0.583. The maximum Gasteiger partial charge on any atom is 0.353 e. The molecule has 0 bridgehead atoms. The summed E-state index contributed by atoms with van der Waals surface area (Å²) in [7, 11) is 3.64. The lowest BCUT2D eigenvalue weighted by Crippen LogP contribution is -2.53. The van der Waals surface area contributed by atoms with Gasteiger partial charge in [-0.15, -0.1) is 0 Å². The Hall–Kier alpha value is -1.89. The lowest BCUT2D eigenvalue weighted by molar-refractivity contribution is -0.125. The maximum absolute atomic E-state index is 11.9. The highest BCUT2D eigenvalue weighted by atomic mass is 16.4. The summed E-state index contributed by atoms with van der Waals surface area (Å²) in [5, 5.41) is 11.9. The largest absolute Gasteiger partial charge is 0.477 e. The summed E-state index contributed by atoms with van der Waals surface area (Å²) in [5.41, 5.74) is -0.482. The molecule has 0 radical (unpaired) electrons. The molecular formula is C12H18N4O3. The molecule has 19 heavy (non-hydrogen) atoms. The number of carboxylic acid groups (broad SMARTS) is 1. The Bertz CT molecular complexity index is 491. The number of rotatable bonds is 5. The van der Waals surface area contributed by atoms with Crippen LogP contribution < -0.4 is 5.32 Å². The van der Waals surface area contributed by atoms with Gasteiger partial charge in [0.05, 0.1) is 18.3 Å². The van der Waals surface area contributed by atoms with Gasteiger partial charge < -0.3 is 20.3 Å². The van der Waals surface area contributed by atoms with Gasteiger partial charge in [-0.1, -0.05) is 0 Å². The highest BCUT2D eigenvalue weighted by Gasteiger charge is 2.42. The number of carboxylic acids is 1. The van der Waals surface area contributed by atoms with Crippen molar-refractivity contribution in [3.05, 3.63) is 17.7 Å². The van der Waals surface area contributed by atoms with Crippen LogP contribution in [0.4, 0.5) is 0 Å². The van der Waals surface area contributed by atoms with Gasteiger partial charge in [-0.05, 0) is 33.4 Å². The van der Waals surface area contributed by atoms with E-state index < -0.39 is 11.5 Å². The fourth-order valence-electron chi connectivity index (χ4n) is 2.22. The summed E-state index contributed by atoms with van der Waals surface area (Å²) in [6.45, 7) is 0.300. The summed E-state index contributed by atoms with van der Waals surface area (Å²) >= 11 is 0. The minimum absolute atomic E-state index is 0.0446. The number of H-pyrrole nitrogens is 1. The summed E-state index contributed by atoms with van der Waals surface area (Å²) < 4.78 is 0. The zero-order chi connectivity index (χ0) is 14.0. The maximum atomic E-state index is 11.9. The number of aromatic carboxylic acids is 1. The Morgan fingerprint density at radius 3 is 2.63 bits per heavy atom. The topological polar surface area (TPSA) is 98.3 Å². The van der Waals surface area contributed by atoms with Gasteiger partial charge in [-0.3, -0.25) is 4.79 Å². The first-order chi connectivity index (χ1) is 8.93. The Kier molecular flexibility index (Phi) is 3.57. The minimum atomic E-state index is -1.05. The first-order valence-corrected chi connectivity index (χ1v) is 6.17. The third kappa shape index (κ3) is 2.76. The standard InChI is InChI=1S/C12H18N4O3/c1-16(2)7-9(17)15-12(4-3-5-12)11-13-6-8(14-11)10(18)19/h6H,3-5,7H2,1-2H3,(H,13,14)(H,15,17)(H,18,19). The SMILES string of the molecule is CN(C)CC(=O)NC1(c2ncc(C(=O)O)[nH]2)CCC1. The number of hydrogen-bond donors (Lipinski definition) is 3.